The first kappa shape index (κ1) is 12.2. The Morgan fingerprint density at radius 3 is 2.62 bits per heavy atom. The summed E-state index contributed by atoms with van der Waals surface area (Å²) in [5, 5.41) is 9.33. The van der Waals surface area contributed by atoms with Crippen molar-refractivity contribution in [3.8, 4) is 0 Å². The minimum atomic E-state index is -0.154. The molecule has 0 saturated carbocycles. The molecule has 2 heterocycles. The molecule has 102 valence electrons. The lowest BCUT2D eigenvalue weighted by molar-refractivity contribution is 0.931. The van der Waals surface area contributed by atoms with Crippen LogP contribution in [0.3, 0.4) is 0 Å². The number of nitrogens with zero attached hydrogens (tertiary/aromatic N) is 2. The predicted octanol–water partition coefficient (Wildman–Crippen LogP) is 3.12. The standard InChI is InChI=1S/C16H11N3OS/c20-16-11-6-2-1-5-10(11)13(18-19-16)9-15-17-12-7-3-4-8-14(12)21-15/h1-8H,9H2,(H,19,20). The molecule has 0 bridgehead atoms. The van der Waals surface area contributed by atoms with Gasteiger partial charge in [-0.25, -0.2) is 10.1 Å². The summed E-state index contributed by atoms with van der Waals surface area (Å²) in [6.07, 6.45) is 0.622. The highest BCUT2D eigenvalue weighted by Gasteiger charge is 2.10. The summed E-state index contributed by atoms with van der Waals surface area (Å²) in [4.78, 5) is 16.4. The molecule has 0 radical (unpaired) electrons. The molecular weight excluding hydrogens is 282 g/mol. The molecule has 4 rings (SSSR count). The summed E-state index contributed by atoms with van der Waals surface area (Å²) in [6.45, 7) is 0. The smallest absolute Gasteiger partial charge is 0.267 e. The number of H-pyrrole nitrogens is 1. The molecule has 2 aromatic carbocycles. The van der Waals surface area contributed by atoms with Crippen molar-refractivity contribution >= 4 is 32.3 Å². The molecule has 5 heteroatoms. The van der Waals surface area contributed by atoms with Crippen LogP contribution >= 0.6 is 11.3 Å². The minimum absolute atomic E-state index is 0.154. The van der Waals surface area contributed by atoms with Gasteiger partial charge in [-0.15, -0.1) is 11.3 Å². The van der Waals surface area contributed by atoms with Gasteiger partial charge in [0.15, 0.2) is 0 Å². The first-order valence-corrected chi connectivity index (χ1v) is 7.44. The van der Waals surface area contributed by atoms with E-state index in [0.717, 1.165) is 21.6 Å². The van der Waals surface area contributed by atoms with Crippen molar-refractivity contribution in [1.29, 1.82) is 0 Å². The molecule has 2 aromatic heterocycles. The van der Waals surface area contributed by atoms with Crippen LogP contribution in [0.25, 0.3) is 21.0 Å². The monoisotopic (exact) mass is 293 g/mol. The third-order valence-corrected chi connectivity index (χ3v) is 4.47. The van der Waals surface area contributed by atoms with Gasteiger partial charge in [-0.2, -0.15) is 5.10 Å². The highest BCUT2D eigenvalue weighted by molar-refractivity contribution is 7.18. The summed E-state index contributed by atoms with van der Waals surface area (Å²) in [5.74, 6) is 0. The van der Waals surface area contributed by atoms with Crippen molar-refractivity contribution < 1.29 is 0 Å². The Labute approximate surface area is 124 Å². The lowest BCUT2D eigenvalue weighted by Crippen LogP contribution is -2.11. The van der Waals surface area contributed by atoms with Gasteiger partial charge in [-0.05, 0) is 18.2 Å². The van der Waals surface area contributed by atoms with Crippen molar-refractivity contribution in [2.24, 2.45) is 0 Å². The number of aromatic amines is 1. The van der Waals surface area contributed by atoms with Gasteiger partial charge in [0, 0.05) is 11.8 Å². The van der Waals surface area contributed by atoms with Crippen LogP contribution in [0.2, 0.25) is 0 Å². The maximum atomic E-state index is 11.8. The van der Waals surface area contributed by atoms with Gasteiger partial charge in [0.2, 0.25) is 0 Å². The van der Waals surface area contributed by atoms with E-state index in [4.69, 9.17) is 0 Å². The van der Waals surface area contributed by atoms with Crippen molar-refractivity contribution in [3.05, 3.63) is 69.6 Å². The summed E-state index contributed by atoms with van der Waals surface area (Å²) in [7, 11) is 0. The second-order valence-corrected chi connectivity index (χ2v) is 5.91. The summed E-state index contributed by atoms with van der Waals surface area (Å²) in [6, 6.07) is 15.6. The van der Waals surface area contributed by atoms with E-state index in [2.05, 4.69) is 21.2 Å². The fraction of sp³-hybridized carbons (Fsp3) is 0.0625. The number of thiazole rings is 1. The van der Waals surface area contributed by atoms with Gasteiger partial charge in [0.05, 0.1) is 26.3 Å². The molecule has 0 amide bonds. The Morgan fingerprint density at radius 1 is 1.00 bits per heavy atom. The van der Waals surface area contributed by atoms with Crippen molar-refractivity contribution in [3.63, 3.8) is 0 Å². The Kier molecular flexibility index (Phi) is 2.79. The second-order valence-electron chi connectivity index (χ2n) is 4.80. The number of nitrogens with one attached hydrogen (secondary N) is 1. The molecule has 0 aliphatic heterocycles. The molecule has 0 aliphatic rings. The van der Waals surface area contributed by atoms with Gasteiger partial charge in [-0.3, -0.25) is 4.79 Å². The predicted molar refractivity (Wildman–Crippen MR) is 84.8 cm³/mol. The average molecular weight is 293 g/mol. The third-order valence-electron chi connectivity index (χ3n) is 3.43. The maximum absolute atomic E-state index is 11.8. The van der Waals surface area contributed by atoms with E-state index in [-0.39, 0.29) is 5.56 Å². The fourth-order valence-corrected chi connectivity index (χ4v) is 3.42. The summed E-state index contributed by atoms with van der Waals surface area (Å²) in [5.41, 5.74) is 1.70. The first-order chi connectivity index (χ1) is 10.3. The zero-order valence-corrected chi connectivity index (χ0v) is 11.9. The lowest BCUT2D eigenvalue weighted by atomic mass is 10.1. The van der Waals surface area contributed by atoms with E-state index in [0.29, 0.717) is 11.8 Å². The van der Waals surface area contributed by atoms with Crippen LogP contribution in [-0.4, -0.2) is 15.2 Å². The van der Waals surface area contributed by atoms with Crippen LogP contribution in [0.1, 0.15) is 10.7 Å². The van der Waals surface area contributed by atoms with E-state index < -0.39 is 0 Å². The van der Waals surface area contributed by atoms with Crippen molar-refractivity contribution in [2.75, 3.05) is 0 Å². The number of para-hydroxylation sites is 1. The average Bonchev–Trinajstić information content (AvgIpc) is 2.93. The van der Waals surface area contributed by atoms with E-state index in [9.17, 15) is 4.79 Å². The Morgan fingerprint density at radius 2 is 1.76 bits per heavy atom. The Hall–Kier alpha value is -2.53. The van der Waals surface area contributed by atoms with Crippen LogP contribution < -0.4 is 5.56 Å². The van der Waals surface area contributed by atoms with Crippen LogP contribution in [-0.2, 0) is 6.42 Å². The van der Waals surface area contributed by atoms with Gasteiger partial charge in [0.25, 0.3) is 5.56 Å². The molecule has 0 unspecified atom stereocenters. The topological polar surface area (TPSA) is 58.6 Å². The van der Waals surface area contributed by atoms with E-state index >= 15 is 0 Å². The van der Waals surface area contributed by atoms with E-state index in [1.165, 1.54) is 4.70 Å². The molecule has 0 atom stereocenters. The number of rotatable bonds is 2. The highest BCUT2D eigenvalue weighted by atomic mass is 32.1. The molecule has 0 aliphatic carbocycles. The number of fused-ring (bicyclic) bond motifs is 2. The molecular formula is C16H11N3OS. The molecule has 0 fully saturated rings. The number of hydrogen-bond acceptors (Lipinski definition) is 4. The van der Waals surface area contributed by atoms with Gasteiger partial charge in [0.1, 0.15) is 0 Å². The largest absolute Gasteiger partial charge is 0.272 e. The van der Waals surface area contributed by atoms with Crippen LogP contribution in [0.5, 0.6) is 0 Å². The summed E-state index contributed by atoms with van der Waals surface area (Å²) >= 11 is 1.66. The van der Waals surface area contributed by atoms with Gasteiger partial charge in [-0.1, -0.05) is 30.3 Å². The molecule has 0 spiro atoms. The van der Waals surface area contributed by atoms with Crippen LogP contribution in [0.15, 0.2) is 53.3 Å². The van der Waals surface area contributed by atoms with Crippen LogP contribution in [0.4, 0.5) is 0 Å². The maximum Gasteiger partial charge on any atom is 0.272 e. The highest BCUT2D eigenvalue weighted by Crippen LogP contribution is 2.24. The molecule has 4 aromatic rings. The quantitative estimate of drug-likeness (QED) is 0.617. The normalized spacial score (nSPS) is 11.2. The number of aromatic nitrogens is 3. The van der Waals surface area contributed by atoms with E-state index in [1.54, 1.807) is 11.3 Å². The van der Waals surface area contributed by atoms with Gasteiger partial charge < -0.3 is 0 Å². The minimum Gasteiger partial charge on any atom is -0.267 e. The zero-order chi connectivity index (χ0) is 14.2. The lowest BCUT2D eigenvalue weighted by Gasteiger charge is -2.02. The Balaban J connectivity index is 1.84. The number of hydrogen-bond donors (Lipinski definition) is 1. The first-order valence-electron chi connectivity index (χ1n) is 6.62. The van der Waals surface area contributed by atoms with Crippen molar-refractivity contribution in [2.45, 2.75) is 6.42 Å². The number of benzene rings is 2. The zero-order valence-electron chi connectivity index (χ0n) is 11.0. The van der Waals surface area contributed by atoms with E-state index in [1.807, 2.05) is 42.5 Å². The molecule has 1 N–H and O–H groups in total. The molecule has 21 heavy (non-hydrogen) atoms. The fourth-order valence-electron chi connectivity index (χ4n) is 2.45. The SMILES string of the molecule is O=c1[nH]nc(Cc2nc3ccccc3s2)c2ccccc12. The van der Waals surface area contributed by atoms with Crippen molar-refractivity contribution in [1.82, 2.24) is 15.2 Å². The molecule has 0 saturated heterocycles. The molecule has 4 nitrogen and oxygen atoms in total. The van der Waals surface area contributed by atoms with Crippen LogP contribution in [0, 0.1) is 0 Å². The Bertz CT molecular complexity index is 970. The third kappa shape index (κ3) is 2.11. The van der Waals surface area contributed by atoms with Gasteiger partial charge >= 0.3 is 0 Å². The second kappa shape index (κ2) is 4.79. The summed E-state index contributed by atoms with van der Waals surface area (Å²) < 4.78 is 1.17.